The zero-order valence-corrected chi connectivity index (χ0v) is 13.0. The van der Waals surface area contributed by atoms with E-state index in [1.165, 1.54) is 0 Å². The largest absolute Gasteiger partial charge is 0.486 e. The first-order valence-electron chi connectivity index (χ1n) is 7.75. The summed E-state index contributed by atoms with van der Waals surface area (Å²) in [6, 6.07) is 16.0. The minimum Gasteiger partial charge on any atom is -0.486 e. The Kier molecular flexibility index (Phi) is 3.64. The minimum absolute atomic E-state index is 0.227. The van der Waals surface area contributed by atoms with Crippen LogP contribution in [0.3, 0.4) is 0 Å². The van der Waals surface area contributed by atoms with Crippen LogP contribution in [0.4, 0.5) is 0 Å². The number of imidazole rings is 1. The summed E-state index contributed by atoms with van der Waals surface area (Å²) in [5.74, 6) is 2.14. The summed E-state index contributed by atoms with van der Waals surface area (Å²) in [4.78, 5) is 4.64. The molecular weight excluding hydrogens is 302 g/mol. The van der Waals surface area contributed by atoms with E-state index in [-0.39, 0.29) is 6.54 Å². The van der Waals surface area contributed by atoms with Crippen LogP contribution < -0.4 is 9.47 Å². The van der Waals surface area contributed by atoms with E-state index in [0.29, 0.717) is 24.7 Å². The SMILES string of the molecule is N#CCn1c(/C=C/c2ccccc2)nc2cc3c(cc21)OCCO3. The average molecular weight is 317 g/mol. The number of ether oxygens (including phenoxy) is 2. The number of benzene rings is 2. The molecule has 3 aromatic rings. The highest BCUT2D eigenvalue weighted by molar-refractivity contribution is 5.83. The first-order chi connectivity index (χ1) is 11.8. The first kappa shape index (κ1) is 14.3. The van der Waals surface area contributed by atoms with E-state index in [9.17, 15) is 0 Å². The molecule has 0 N–H and O–H groups in total. The summed E-state index contributed by atoms with van der Waals surface area (Å²) in [6.07, 6.45) is 3.91. The molecule has 1 aromatic heterocycles. The fraction of sp³-hybridized carbons (Fsp3) is 0.158. The van der Waals surface area contributed by atoms with Gasteiger partial charge in [0.05, 0.1) is 17.1 Å². The first-order valence-corrected chi connectivity index (χ1v) is 7.75. The normalized spacial score (nSPS) is 13.3. The molecule has 1 aliphatic heterocycles. The van der Waals surface area contributed by atoms with Crippen LogP contribution in [0.5, 0.6) is 11.5 Å². The van der Waals surface area contributed by atoms with Crippen LogP contribution in [-0.2, 0) is 6.54 Å². The summed E-state index contributed by atoms with van der Waals surface area (Å²) in [6.45, 7) is 1.30. The molecule has 0 saturated heterocycles. The molecule has 1 aliphatic rings. The highest BCUT2D eigenvalue weighted by atomic mass is 16.6. The summed E-state index contributed by atoms with van der Waals surface area (Å²) in [7, 11) is 0. The molecule has 0 amide bonds. The lowest BCUT2D eigenvalue weighted by molar-refractivity contribution is 0.172. The number of nitriles is 1. The highest BCUT2D eigenvalue weighted by Gasteiger charge is 2.17. The van der Waals surface area contributed by atoms with Gasteiger partial charge < -0.3 is 14.0 Å². The van der Waals surface area contributed by atoms with Crippen molar-refractivity contribution in [3.05, 3.63) is 53.9 Å². The fourth-order valence-corrected chi connectivity index (χ4v) is 2.78. The Morgan fingerprint density at radius 2 is 1.83 bits per heavy atom. The second-order valence-corrected chi connectivity index (χ2v) is 5.44. The van der Waals surface area contributed by atoms with Crippen molar-refractivity contribution in [2.24, 2.45) is 0 Å². The molecule has 0 fully saturated rings. The van der Waals surface area contributed by atoms with Gasteiger partial charge in [0.15, 0.2) is 11.5 Å². The molecule has 0 saturated carbocycles. The topological polar surface area (TPSA) is 60.1 Å². The van der Waals surface area contributed by atoms with Gasteiger partial charge in [-0.3, -0.25) is 0 Å². The molecule has 0 aliphatic carbocycles. The van der Waals surface area contributed by atoms with Crippen molar-refractivity contribution in [2.75, 3.05) is 13.2 Å². The number of hydrogen-bond acceptors (Lipinski definition) is 4. The third-order valence-corrected chi connectivity index (χ3v) is 3.89. The number of hydrogen-bond donors (Lipinski definition) is 0. The van der Waals surface area contributed by atoms with Gasteiger partial charge in [-0.2, -0.15) is 5.26 Å². The smallest absolute Gasteiger partial charge is 0.163 e. The minimum atomic E-state index is 0.227. The maximum Gasteiger partial charge on any atom is 0.163 e. The molecule has 24 heavy (non-hydrogen) atoms. The van der Waals surface area contributed by atoms with Crippen molar-refractivity contribution in [3.63, 3.8) is 0 Å². The molecular formula is C19H15N3O2. The van der Waals surface area contributed by atoms with Crippen molar-refractivity contribution < 1.29 is 9.47 Å². The molecule has 0 bridgehead atoms. The van der Waals surface area contributed by atoms with Gasteiger partial charge in [0, 0.05) is 12.1 Å². The quantitative estimate of drug-likeness (QED) is 0.742. The Balaban J connectivity index is 1.81. The third kappa shape index (κ3) is 2.59. The van der Waals surface area contributed by atoms with E-state index in [2.05, 4.69) is 11.1 Å². The molecule has 5 nitrogen and oxygen atoms in total. The van der Waals surface area contributed by atoms with Crippen LogP contribution in [0.15, 0.2) is 42.5 Å². The van der Waals surface area contributed by atoms with Gasteiger partial charge in [-0.15, -0.1) is 0 Å². The van der Waals surface area contributed by atoms with Crippen LogP contribution in [0.1, 0.15) is 11.4 Å². The number of aromatic nitrogens is 2. The van der Waals surface area contributed by atoms with Gasteiger partial charge in [0.1, 0.15) is 25.6 Å². The molecule has 5 heteroatoms. The number of fused-ring (bicyclic) bond motifs is 2. The molecule has 2 aromatic carbocycles. The van der Waals surface area contributed by atoms with Crippen molar-refractivity contribution in [2.45, 2.75) is 6.54 Å². The van der Waals surface area contributed by atoms with Gasteiger partial charge in [0.2, 0.25) is 0 Å². The Morgan fingerprint density at radius 1 is 1.08 bits per heavy atom. The maximum atomic E-state index is 9.17. The zero-order valence-electron chi connectivity index (χ0n) is 13.0. The van der Waals surface area contributed by atoms with E-state index in [0.717, 1.165) is 22.4 Å². The maximum absolute atomic E-state index is 9.17. The predicted molar refractivity (Wildman–Crippen MR) is 91.7 cm³/mol. The molecule has 0 radical (unpaired) electrons. The molecule has 0 unspecified atom stereocenters. The highest BCUT2D eigenvalue weighted by Crippen LogP contribution is 2.35. The van der Waals surface area contributed by atoms with Crippen LogP contribution >= 0.6 is 0 Å². The number of rotatable bonds is 3. The van der Waals surface area contributed by atoms with Crippen LogP contribution in [-0.4, -0.2) is 22.8 Å². The van der Waals surface area contributed by atoms with E-state index in [1.54, 1.807) is 0 Å². The lowest BCUT2D eigenvalue weighted by Gasteiger charge is -2.18. The Labute approximate surface area is 139 Å². The van der Waals surface area contributed by atoms with Gasteiger partial charge in [-0.1, -0.05) is 36.4 Å². The van der Waals surface area contributed by atoms with Crippen LogP contribution in [0.25, 0.3) is 23.2 Å². The number of nitrogens with zero attached hydrogens (tertiary/aromatic N) is 3. The van der Waals surface area contributed by atoms with Crippen LogP contribution in [0.2, 0.25) is 0 Å². The van der Waals surface area contributed by atoms with Gasteiger partial charge in [0.25, 0.3) is 0 Å². The van der Waals surface area contributed by atoms with Crippen molar-refractivity contribution in [1.82, 2.24) is 9.55 Å². The second-order valence-electron chi connectivity index (χ2n) is 5.44. The molecule has 118 valence electrons. The third-order valence-electron chi connectivity index (χ3n) is 3.89. The molecule has 2 heterocycles. The average Bonchev–Trinajstić information content (AvgIpc) is 2.96. The predicted octanol–water partition coefficient (Wildman–Crippen LogP) is 3.50. The Morgan fingerprint density at radius 3 is 2.58 bits per heavy atom. The van der Waals surface area contributed by atoms with Gasteiger partial charge in [-0.05, 0) is 11.6 Å². The van der Waals surface area contributed by atoms with E-state index >= 15 is 0 Å². The summed E-state index contributed by atoms with van der Waals surface area (Å²) >= 11 is 0. The lowest BCUT2D eigenvalue weighted by Crippen LogP contribution is -2.15. The standard InChI is InChI=1S/C19H15N3O2/c20-8-9-22-16-13-18-17(23-10-11-24-18)12-15(16)21-19(22)7-6-14-4-2-1-3-5-14/h1-7,12-13H,9-11H2/b7-6+. The zero-order chi connectivity index (χ0) is 16.4. The summed E-state index contributed by atoms with van der Waals surface area (Å²) < 4.78 is 13.1. The monoisotopic (exact) mass is 317 g/mol. The van der Waals surface area contributed by atoms with E-state index in [1.807, 2.05) is 59.2 Å². The Bertz CT molecular complexity index is 952. The molecule has 0 spiro atoms. The van der Waals surface area contributed by atoms with Crippen molar-refractivity contribution in [1.29, 1.82) is 5.26 Å². The van der Waals surface area contributed by atoms with Crippen molar-refractivity contribution >= 4 is 23.2 Å². The Hall–Kier alpha value is -3.26. The van der Waals surface area contributed by atoms with E-state index in [4.69, 9.17) is 14.7 Å². The van der Waals surface area contributed by atoms with Crippen molar-refractivity contribution in [3.8, 4) is 17.6 Å². The summed E-state index contributed by atoms with van der Waals surface area (Å²) in [5.41, 5.74) is 2.75. The molecule has 0 atom stereocenters. The lowest BCUT2D eigenvalue weighted by atomic mass is 10.2. The van der Waals surface area contributed by atoms with Crippen LogP contribution in [0, 0.1) is 11.3 Å². The van der Waals surface area contributed by atoms with Gasteiger partial charge in [-0.25, -0.2) is 4.98 Å². The second kappa shape index (κ2) is 6.09. The summed E-state index contributed by atoms with van der Waals surface area (Å²) in [5, 5.41) is 9.17. The molecule has 4 rings (SSSR count). The van der Waals surface area contributed by atoms with Gasteiger partial charge >= 0.3 is 0 Å². The fourth-order valence-electron chi connectivity index (χ4n) is 2.78. The van der Waals surface area contributed by atoms with E-state index < -0.39 is 0 Å².